The molecule has 2 aromatic rings. The molecule has 6 nitrogen and oxygen atoms in total. The molecule has 1 aromatic heterocycles. The molecule has 1 N–H and O–H groups in total. The van der Waals surface area contributed by atoms with Crippen molar-refractivity contribution in [3.05, 3.63) is 54.4 Å². The Morgan fingerprint density at radius 2 is 2.00 bits per heavy atom. The van der Waals surface area contributed by atoms with Gasteiger partial charge >= 0.3 is 0 Å². The molecule has 0 aliphatic rings. The average Bonchev–Trinajstić information content (AvgIpc) is 2.59. The Balaban J connectivity index is 2.06. The summed E-state index contributed by atoms with van der Waals surface area (Å²) in [5, 5.41) is 2.79. The van der Waals surface area contributed by atoms with E-state index < -0.39 is 0 Å². The summed E-state index contributed by atoms with van der Waals surface area (Å²) in [5.41, 5.74) is 1.48. The molecule has 0 bridgehead atoms. The summed E-state index contributed by atoms with van der Waals surface area (Å²) in [5.74, 6) is 0.106. The third-order valence-electron chi connectivity index (χ3n) is 3.35. The van der Waals surface area contributed by atoms with Gasteiger partial charge in [-0.25, -0.2) is 0 Å². The maximum absolute atomic E-state index is 12.2. The minimum Gasteiger partial charge on any atom is -0.492 e. The fourth-order valence-corrected chi connectivity index (χ4v) is 2.23. The van der Waals surface area contributed by atoms with E-state index in [2.05, 4.69) is 10.3 Å². The molecule has 1 heterocycles. The summed E-state index contributed by atoms with van der Waals surface area (Å²) < 4.78 is 5.55. The molecule has 0 aliphatic carbocycles. The van der Waals surface area contributed by atoms with E-state index in [9.17, 15) is 9.59 Å². The summed E-state index contributed by atoms with van der Waals surface area (Å²) in [6, 6.07) is 10.9. The van der Waals surface area contributed by atoms with Crippen molar-refractivity contribution in [2.24, 2.45) is 0 Å². The van der Waals surface area contributed by atoms with Gasteiger partial charge in [-0.2, -0.15) is 0 Å². The number of benzene rings is 1. The van der Waals surface area contributed by atoms with Gasteiger partial charge < -0.3 is 10.1 Å². The van der Waals surface area contributed by atoms with Crippen LogP contribution in [0.3, 0.4) is 0 Å². The van der Waals surface area contributed by atoms with Gasteiger partial charge in [-0.05, 0) is 30.7 Å². The van der Waals surface area contributed by atoms with Gasteiger partial charge in [0, 0.05) is 25.9 Å². The first-order chi connectivity index (χ1) is 11.6. The number of carbonyl (C=O) groups is 2. The molecule has 0 saturated heterocycles. The number of hydrogen-bond donors (Lipinski definition) is 1. The van der Waals surface area contributed by atoms with E-state index in [0.29, 0.717) is 24.6 Å². The predicted molar refractivity (Wildman–Crippen MR) is 91.7 cm³/mol. The highest BCUT2D eigenvalue weighted by Crippen LogP contribution is 2.28. The Kier molecular flexibility index (Phi) is 6.31. The first-order valence-electron chi connectivity index (χ1n) is 7.77. The number of nitrogens with zero attached hydrogens (tertiary/aromatic N) is 2. The zero-order valence-electron chi connectivity index (χ0n) is 13.9. The van der Waals surface area contributed by atoms with Crippen LogP contribution >= 0.6 is 0 Å². The van der Waals surface area contributed by atoms with E-state index in [0.717, 1.165) is 5.56 Å². The number of carbonyl (C=O) groups excluding carboxylic acids is 2. The fraction of sp³-hybridized carbons (Fsp3) is 0.278. The smallest absolute Gasteiger partial charge is 0.240 e. The molecule has 126 valence electrons. The minimum atomic E-state index is -0.250. The maximum Gasteiger partial charge on any atom is 0.240 e. The molecule has 0 saturated carbocycles. The molecule has 0 unspecified atom stereocenters. The quantitative estimate of drug-likeness (QED) is 0.846. The van der Waals surface area contributed by atoms with Crippen molar-refractivity contribution in [3.8, 4) is 5.75 Å². The molecule has 6 heteroatoms. The van der Waals surface area contributed by atoms with Crippen LogP contribution < -0.4 is 15.0 Å². The monoisotopic (exact) mass is 327 g/mol. The van der Waals surface area contributed by atoms with Gasteiger partial charge in [0.05, 0.1) is 12.3 Å². The topological polar surface area (TPSA) is 71.5 Å². The van der Waals surface area contributed by atoms with Crippen molar-refractivity contribution in [2.45, 2.75) is 20.4 Å². The fourth-order valence-electron chi connectivity index (χ4n) is 2.23. The van der Waals surface area contributed by atoms with Crippen LogP contribution in [0.4, 0.5) is 5.69 Å². The van der Waals surface area contributed by atoms with Crippen LogP contribution in [0.2, 0.25) is 0 Å². The van der Waals surface area contributed by atoms with Crippen LogP contribution in [0, 0.1) is 0 Å². The number of rotatable bonds is 7. The molecule has 0 fully saturated rings. The Labute approximate surface area is 141 Å². The van der Waals surface area contributed by atoms with Gasteiger partial charge in [-0.1, -0.05) is 18.2 Å². The molecule has 0 atom stereocenters. The summed E-state index contributed by atoms with van der Waals surface area (Å²) in [7, 11) is 0. The highest BCUT2D eigenvalue weighted by Gasteiger charge is 2.19. The molecular formula is C18H21N3O3. The third kappa shape index (κ3) is 4.81. The van der Waals surface area contributed by atoms with Gasteiger partial charge in [-0.15, -0.1) is 0 Å². The predicted octanol–water partition coefficient (Wildman–Crippen LogP) is 2.15. The van der Waals surface area contributed by atoms with Crippen molar-refractivity contribution in [3.63, 3.8) is 0 Å². The van der Waals surface area contributed by atoms with E-state index >= 15 is 0 Å². The van der Waals surface area contributed by atoms with E-state index in [1.165, 1.54) is 11.8 Å². The number of amides is 2. The van der Waals surface area contributed by atoms with E-state index in [1.807, 2.05) is 25.1 Å². The van der Waals surface area contributed by atoms with Gasteiger partial charge in [0.1, 0.15) is 12.3 Å². The number of aromatic nitrogens is 1. The van der Waals surface area contributed by atoms with Crippen LogP contribution in [-0.4, -0.2) is 29.9 Å². The van der Waals surface area contributed by atoms with E-state index in [1.54, 1.807) is 30.6 Å². The van der Waals surface area contributed by atoms with Crippen molar-refractivity contribution in [1.29, 1.82) is 0 Å². The lowest BCUT2D eigenvalue weighted by atomic mass is 10.2. The number of nitrogens with one attached hydrogen (secondary N) is 1. The molecule has 1 aromatic carbocycles. The molecule has 0 aliphatic heterocycles. The lowest BCUT2D eigenvalue weighted by Crippen LogP contribution is -2.39. The van der Waals surface area contributed by atoms with E-state index in [-0.39, 0.29) is 18.4 Å². The largest absolute Gasteiger partial charge is 0.492 e. The number of anilines is 1. The molecule has 0 spiro atoms. The van der Waals surface area contributed by atoms with Crippen molar-refractivity contribution in [1.82, 2.24) is 10.3 Å². The SMILES string of the molecule is CCOc1ccccc1N(CC(=O)NCc1cccnc1)C(C)=O. The molecule has 24 heavy (non-hydrogen) atoms. The average molecular weight is 327 g/mol. The third-order valence-corrected chi connectivity index (χ3v) is 3.35. The lowest BCUT2D eigenvalue weighted by molar-refractivity contribution is -0.123. The minimum absolute atomic E-state index is 0.0698. The van der Waals surface area contributed by atoms with Crippen LogP contribution in [0.25, 0.3) is 0 Å². The van der Waals surface area contributed by atoms with Crippen LogP contribution in [0.5, 0.6) is 5.75 Å². The van der Waals surface area contributed by atoms with Gasteiger partial charge in [0.25, 0.3) is 0 Å². The van der Waals surface area contributed by atoms with Crippen molar-refractivity contribution in [2.75, 3.05) is 18.1 Å². The zero-order valence-corrected chi connectivity index (χ0v) is 13.9. The van der Waals surface area contributed by atoms with Gasteiger partial charge in [-0.3, -0.25) is 19.5 Å². The highest BCUT2D eigenvalue weighted by molar-refractivity contribution is 5.98. The van der Waals surface area contributed by atoms with Crippen LogP contribution in [0.1, 0.15) is 19.4 Å². The normalized spacial score (nSPS) is 10.1. The first kappa shape index (κ1) is 17.5. The summed E-state index contributed by atoms with van der Waals surface area (Å²) >= 11 is 0. The Hall–Kier alpha value is -2.89. The molecular weight excluding hydrogens is 306 g/mol. The summed E-state index contributed by atoms with van der Waals surface area (Å²) in [6.07, 6.45) is 3.36. The van der Waals surface area contributed by atoms with Crippen molar-refractivity contribution < 1.29 is 14.3 Å². The number of ether oxygens (including phenoxy) is 1. The standard InChI is InChI=1S/C18H21N3O3/c1-3-24-17-9-5-4-8-16(17)21(14(2)22)13-18(23)20-12-15-7-6-10-19-11-15/h4-11H,3,12-13H2,1-2H3,(H,20,23). The Morgan fingerprint density at radius 1 is 1.21 bits per heavy atom. The maximum atomic E-state index is 12.2. The number of pyridine rings is 1. The van der Waals surface area contributed by atoms with Crippen LogP contribution in [0.15, 0.2) is 48.8 Å². The Morgan fingerprint density at radius 3 is 2.67 bits per heavy atom. The van der Waals surface area contributed by atoms with E-state index in [4.69, 9.17) is 4.74 Å². The summed E-state index contributed by atoms with van der Waals surface area (Å²) in [6.45, 7) is 4.08. The first-order valence-corrected chi connectivity index (χ1v) is 7.77. The van der Waals surface area contributed by atoms with Crippen molar-refractivity contribution >= 4 is 17.5 Å². The second-order valence-corrected chi connectivity index (χ2v) is 5.14. The number of para-hydroxylation sites is 2. The molecule has 2 amide bonds. The second-order valence-electron chi connectivity index (χ2n) is 5.14. The van der Waals surface area contributed by atoms with Gasteiger partial charge in [0.15, 0.2) is 0 Å². The lowest BCUT2D eigenvalue weighted by Gasteiger charge is -2.23. The van der Waals surface area contributed by atoms with Crippen LogP contribution in [-0.2, 0) is 16.1 Å². The molecule has 2 rings (SSSR count). The van der Waals surface area contributed by atoms with Gasteiger partial charge in [0.2, 0.25) is 11.8 Å². The number of hydrogen-bond acceptors (Lipinski definition) is 4. The zero-order chi connectivity index (χ0) is 17.4. The molecule has 0 radical (unpaired) electrons. The highest BCUT2D eigenvalue weighted by atomic mass is 16.5. The summed E-state index contributed by atoms with van der Waals surface area (Å²) in [4.78, 5) is 29.6. The Bertz CT molecular complexity index is 689. The second kappa shape index (κ2) is 8.67.